The van der Waals surface area contributed by atoms with Crippen molar-refractivity contribution in [3.63, 3.8) is 0 Å². The second-order valence-corrected chi connectivity index (χ2v) is 8.32. The molecule has 3 aromatic heterocycles. The summed E-state index contributed by atoms with van der Waals surface area (Å²) in [4.78, 5) is 27.7. The Bertz CT molecular complexity index is 1610. The number of hydrogen-bond acceptors (Lipinski definition) is 5. The van der Waals surface area contributed by atoms with Crippen molar-refractivity contribution in [1.82, 2.24) is 24.2 Å². The molecule has 2 aromatic carbocycles. The van der Waals surface area contributed by atoms with Crippen LogP contribution in [0.4, 0.5) is 0 Å². The van der Waals surface area contributed by atoms with Crippen molar-refractivity contribution in [2.24, 2.45) is 5.10 Å². The second kappa shape index (κ2) is 8.09. The number of rotatable bonds is 5. The number of para-hydroxylation sites is 2. The first-order valence-electron chi connectivity index (χ1n) is 10.9. The van der Waals surface area contributed by atoms with Crippen LogP contribution < -0.4 is 5.56 Å². The van der Waals surface area contributed by atoms with Gasteiger partial charge in [-0.3, -0.25) is 9.36 Å². The minimum Gasteiger partial charge on any atom is -0.292 e. The molecule has 7 heteroatoms. The first kappa shape index (κ1) is 20.8. The number of aryl methyl sites for hydroxylation is 1. The van der Waals surface area contributed by atoms with Crippen LogP contribution in [-0.4, -0.2) is 30.4 Å². The van der Waals surface area contributed by atoms with Crippen molar-refractivity contribution in [1.29, 1.82) is 0 Å². The summed E-state index contributed by atoms with van der Waals surface area (Å²) in [5.41, 5.74) is 4.91. The molecule has 0 atom stereocenters. The van der Waals surface area contributed by atoms with E-state index < -0.39 is 0 Å². The van der Waals surface area contributed by atoms with Gasteiger partial charge in [0.1, 0.15) is 16.7 Å². The van der Waals surface area contributed by atoms with Gasteiger partial charge in [0, 0.05) is 6.54 Å². The fraction of sp³-hybridized carbons (Fsp3) is 0.192. The standard InChI is InChI=1S/C26H24N6O/c1-5-14-31-17(4)28-24-22(26(31)33)23-25(30-21-9-7-6-8-20(21)29-23)32(24)27-15-18-10-12-19(13-11-18)16(2)3/h5-13,15-16H,1,14H2,2-4H3. The third-order valence-corrected chi connectivity index (χ3v) is 5.77. The van der Waals surface area contributed by atoms with Gasteiger partial charge >= 0.3 is 0 Å². The van der Waals surface area contributed by atoms with E-state index in [1.165, 1.54) is 5.56 Å². The number of allylic oxidation sites excluding steroid dienone is 1. The molecular formula is C26H24N6O. The van der Waals surface area contributed by atoms with E-state index in [0.29, 0.717) is 46.0 Å². The summed E-state index contributed by atoms with van der Waals surface area (Å²) in [6.07, 6.45) is 3.44. The highest BCUT2D eigenvalue weighted by molar-refractivity contribution is 6.05. The second-order valence-electron chi connectivity index (χ2n) is 8.32. The molecule has 0 radical (unpaired) electrons. The van der Waals surface area contributed by atoms with Gasteiger partial charge in [0.05, 0.1) is 17.2 Å². The van der Waals surface area contributed by atoms with E-state index in [0.717, 1.165) is 11.1 Å². The third kappa shape index (κ3) is 3.51. The Morgan fingerprint density at radius 2 is 1.70 bits per heavy atom. The lowest BCUT2D eigenvalue weighted by Gasteiger charge is -2.07. The molecule has 0 unspecified atom stereocenters. The molecule has 0 saturated heterocycles. The van der Waals surface area contributed by atoms with Crippen LogP contribution in [0, 0.1) is 6.92 Å². The fourth-order valence-electron chi connectivity index (χ4n) is 3.96. The zero-order valence-corrected chi connectivity index (χ0v) is 18.9. The van der Waals surface area contributed by atoms with E-state index in [-0.39, 0.29) is 5.56 Å². The lowest BCUT2D eigenvalue weighted by Crippen LogP contribution is -2.23. The summed E-state index contributed by atoms with van der Waals surface area (Å²) in [6.45, 7) is 10.3. The summed E-state index contributed by atoms with van der Waals surface area (Å²) >= 11 is 0. The smallest absolute Gasteiger partial charge is 0.265 e. The van der Waals surface area contributed by atoms with Gasteiger partial charge in [0.15, 0.2) is 11.3 Å². The maximum atomic E-state index is 13.4. The number of hydrogen-bond donors (Lipinski definition) is 0. The Hall–Kier alpha value is -4.13. The topological polar surface area (TPSA) is 78.0 Å². The van der Waals surface area contributed by atoms with Crippen LogP contribution in [0.15, 0.2) is 71.1 Å². The average Bonchev–Trinajstić information content (AvgIpc) is 3.11. The van der Waals surface area contributed by atoms with E-state index >= 15 is 0 Å². The van der Waals surface area contributed by atoms with Crippen LogP contribution >= 0.6 is 0 Å². The Morgan fingerprint density at radius 1 is 1.00 bits per heavy atom. The van der Waals surface area contributed by atoms with Crippen LogP contribution in [0.1, 0.15) is 36.7 Å². The molecule has 0 saturated carbocycles. The third-order valence-electron chi connectivity index (χ3n) is 5.77. The fourth-order valence-corrected chi connectivity index (χ4v) is 3.96. The van der Waals surface area contributed by atoms with Gasteiger partial charge in [0.25, 0.3) is 5.56 Å². The van der Waals surface area contributed by atoms with Crippen LogP contribution in [0.3, 0.4) is 0 Å². The summed E-state index contributed by atoms with van der Waals surface area (Å²) in [6, 6.07) is 15.9. The lowest BCUT2D eigenvalue weighted by atomic mass is 10.0. The van der Waals surface area contributed by atoms with Gasteiger partial charge < -0.3 is 0 Å². The van der Waals surface area contributed by atoms with Crippen molar-refractivity contribution in [3.05, 3.63) is 88.5 Å². The molecule has 0 amide bonds. The van der Waals surface area contributed by atoms with E-state index in [9.17, 15) is 4.79 Å². The van der Waals surface area contributed by atoms with Gasteiger partial charge in [-0.15, -0.1) is 6.58 Å². The lowest BCUT2D eigenvalue weighted by molar-refractivity contribution is 0.724. The summed E-state index contributed by atoms with van der Waals surface area (Å²) in [5.74, 6) is 1.04. The average molecular weight is 437 g/mol. The minimum absolute atomic E-state index is 0.179. The molecule has 0 fully saturated rings. The molecule has 33 heavy (non-hydrogen) atoms. The molecule has 3 heterocycles. The van der Waals surface area contributed by atoms with Crippen molar-refractivity contribution < 1.29 is 0 Å². The molecule has 5 rings (SSSR count). The molecule has 0 aliphatic carbocycles. The summed E-state index contributed by atoms with van der Waals surface area (Å²) in [7, 11) is 0. The SMILES string of the molecule is C=CCn1c(C)nc2c(c1=O)c1nc3ccccc3nc1n2N=Cc1ccc(C(C)C)cc1. The first-order valence-corrected chi connectivity index (χ1v) is 10.9. The van der Waals surface area contributed by atoms with Gasteiger partial charge in [0.2, 0.25) is 0 Å². The molecular weight excluding hydrogens is 412 g/mol. The predicted octanol–water partition coefficient (Wildman–Crippen LogP) is 4.79. The van der Waals surface area contributed by atoms with Crippen LogP contribution in [0.25, 0.3) is 33.2 Å². The quantitative estimate of drug-likeness (QED) is 0.293. The van der Waals surface area contributed by atoms with Crippen LogP contribution in [0.5, 0.6) is 0 Å². The van der Waals surface area contributed by atoms with Crippen molar-refractivity contribution in [2.75, 3.05) is 0 Å². The Kier molecular flexibility index (Phi) is 5.09. The molecule has 0 bridgehead atoms. The normalized spacial score (nSPS) is 12.0. The Labute approximate surface area is 190 Å². The molecule has 0 aliphatic heterocycles. The van der Waals surface area contributed by atoms with Crippen LogP contribution in [-0.2, 0) is 6.54 Å². The van der Waals surface area contributed by atoms with Crippen molar-refractivity contribution in [3.8, 4) is 0 Å². The number of benzene rings is 2. The molecule has 0 N–H and O–H groups in total. The molecule has 7 nitrogen and oxygen atoms in total. The van der Waals surface area contributed by atoms with E-state index in [1.54, 1.807) is 28.5 Å². The maximum Gasteiger partial charge on any atom is 0.265 e. The maximum absolute atomic E-state index is 13.4. The van der Waals surface area contributed by atoms with Gasteiger partial charge in [-0.1, -0.05) is 56.3 Å². The highest BCUT2D eigenvalue weighted by atomic mass is 16.1. The highest BCUT2D eigenvalue weighted by Crippen LogP contribution is 2.25. The number of fused-ring (bicyclic) bond motifs is 4. The van der Waals surface area contributed by atoms with E-state index in [4.69, 9.17) is 20.1 Å². The first-order chi connectivity index (χ1) is 16.0. The number of nitrogens with zero attached hydrogens (tertiary/aromatic N) is 6. The van der Waals surface area contributed by atoms with Crippen LogP contribution in [0.2, 0.25) is 0 Å². The Morgan fingerprint density at radius 3 is 2.36 bits per heavy atom. The van der Waals surface area contributed by atoms with Gasteiger partial charge in [-0.2, -0.15) is 9.78 Å². The van der Waals surface area contributed by atoms with Crippen molar-refractivity contribution >= 4 is 39.4 Å². The summed E-state index contributed by atoms with van der Waals surface area (Å²) < 4.78 is 3.21. The van der Waals surface area contributed by atoms with Crippen molar-refractivity contribution in [2.45, 2.75) is 33.2 Å². The number of aromatic nitrogens is 5. The largest absolute Gasteiger partial charge is 0.292 e. The Balaban J connectivity index is 1.79. The zero-order chi connectivity index (χ0) is 23.1. The highest BCUT2D eigenvalue weighted by Gasteiger charge is 2.20. The monoisotopic (exact) mass is 436 g/mol. The van der Waals surface area contributed by atoms with Gasteiger partial charge in [-0.05, 0) is 36.1 Å². The molecule has 0 aliphatic rings. The predicted molar refractivity (Wildman–Crippen MR) is 133 cm³/mol. The zero-order valence-electron chi connectivity index (χ0n) is 18.9. The minimum atomic E-state index is -0.179. The molecule has 5 aromatic rings. The van der Waals surface area contributed by atoms with Gasteiger partial charge in [-0.25, -0.2) is 15.0 Å². The molecule has 0 spiro atoms. The van der Waals surface area contributed by atoms with E-state index in [2.05, 4.69) is 32.6 Å². The van der Waals surface area contributed by atoms with E-state index in [1.807, 2.05) is 36.4 Å². The summed E-state index contributed by atoms with van der Waals surface area (Å²) in [5, 5.41) is 5.10. The molecule has 164 valence electrons.